The lowest BCUT2D eigenvalue weighted by Gasteiger charge is -2.41. The molecule has 0 bridgehead atoms. The molecule has 2 fully saturated rings. The van der Waals surface area contributed by atoms with Gasteiger partial charge in [0.25, 0.3) is 0 Å². The van der Waals surface area contributed by atoms with Gasteiger partial charge >= 0.3 is 5.97 Å². The molecule has 9 unspecified atom stereocenters. The van der Waals surface area contributed by atoms with Gasteiger partial charge in [-0.1, -0.05) is 71.4 Å². The van der Waals surface area contributed by atoms with Crippen LogP contribution in [0.5, 0.6) is 0 Å². The van der Waals surface area contributed by atoms with Gasteiger partial charge in [-0.2, -0.15) is 0 Å². The van der Waals surface area contributed by atoms with Crippen molar-refractivity contribution >= 4 is 29.6 Å². The molecule has 0 radical (unpaired) electrons. The quantitative estimate of drug-likeness (QED) is 0.168. The molecule has 2 saturated heterocycles. The molecular formula is C39H63N5O8. The third-order valence-electron chi connectivity index (χ3n) is 11.2. The zero-order valence-electron chi connectivity index (χ0n) is 32.6. The van der Waals surface area contributed by atoms with Crippen molar-refractivity contribution < 1.29 is 38.6 Å². The summed E-state index contributed by atoms with van der Waals surface area (Å²) in [6.45, 7) is 12.6. The minimum atomic E-state index is -1.14. The average Bonchev–Trinajstić information content (AvgIpc) is 3.80. The van der Waals surface area contributed by atoms with Crippen molar-refractivity contribution in [2.45, 2.75) is 128 Å². The fourth-order valence-corrected chi connectivity index (χ4v) is 7.78. The molecule has 1 aromatic rings. The first-order chi connectivity index (χ1) is 24.6. The summed E-state index contributed by atoms with van der Waals surface area (Å²) in [6.07, 6.45) is 2.43. The van der Waals surface area contributed by atoms with E-state index in [0.29, 0.717) is 25.8 Å². The highest BCUT2D eigenvalue weighted by molar-refractivity contribution is 5.92. The molecule has 0 saturated carbocycles. The number of likely N-dealkylation sites (N-methyl/N-ethyl adjacent to an activating group) is 1. The largest absolute Gasteiger partial charge is 0.480 e. The summed E-state index contributed by atoms with van der Waals surface area (Å²) in [7, 11) is 4.76. The Morgan fingerprint density at radius 3 is 2.25 bits per heavy atom. The number of carbonyl (C=O) groups is 5. The maximum absolute atomic E-state index is 14.2. The number of carboxylic acids is 1. The second-order valence-corrected chi connectivity index (χ2v) is 15.2. The van der Waals surface area contributed by atoms with Gasteiger partial charge in [0, 0.05) is 34.2 Å². The standard InChI is InChI=1S/C39H63N5O8/c1-10-25(4)33(43(7)36(47)32(24(2)3)42-38(50)39(6)19-15-20-40-39)30(51-8)23-31(45)44-21-14-18-29(44)34(52-9)26(5)35(46)41-28(37(48)49)22-27-16-12-11-13-17-27/h11-13,16-17,24-26,28-30,32-34,40H,10,14-15,18-23H2,1-9H3,(H,41,46)(H,42,50)(H,48,49). The first-order valence-corrected chi connectivity index (χ1v) is 18.8. The molecule has 0 aliphatic carbocycles. The Morgan fingerprint density at radius 1 is 1.04 bits per heavy atom. The van der Waals surface area contributed by atoms with Gasteiger partial charge in [-0.05, 0) is 56.6 Å². The van der Waals surface area contributed by atoms with E-state index in [-0.39, 0.29) is 42.4 Å². The van der Waals surface area contributed by atoms with E-state index in [1.54, 1.807) is 30.9 Å². The topological polar surface area (TPSA) is 167 Å². The Kier molecular flexibility index (Phi) is 16.1. The minimum Gasteiger partial charge on any atom is -0.480 e. The van der Waals surface area contributed by atoms with Gasteiger partial charge in [0.15, 0.2) is 0 Å². The van der Waals surface area contributed by atoms with E-state index in [1.165, 1.54) is 7.11 Å². The van der Waals surface area contributed by atoms with Crippen molar-refractivity contribution in [3.05, 3.63) is 35.9 Å². The maximum atomic E-state index is 14.2. The van der Waals surface area contributed by atoms with Crippen LogP contribution in [0.4, 0.5) is 0 Å². The van der Waals surface area contributed by atoms with Crippen molar-refractivity contribution in [2.75, 3.05) is 34.4 Å². The number of hydrogen-bond acceptors (Lipinski definition) is 8. The lowest BCUT2D eigenvalue weighted by atomic mass is 9.89. The Balaban J connectivity index is 1.76. The van der Waals surface area contributed by atoms with Gasteiger partial charge in [0.05, 0.1) is 42.2 Å². The molecule has 4 amide bonds. The Bertz CT molecular complexity index is 1350. The van der Waals surface area contributed by atoms with E-state index >= 15 is 0 Å². The number of methoxy groups -OCH3 is 2. The number of nitrogens with zero attached hydrogens (tertiary/aromatic N) is 2. The Morgan fingerprint density at radius 2 is 1.71 bits per heavy atom. The third kappa shape index (κ3) is 10.5. The number of nitrogens with one attached hydrogen (secondary N) is 3. The smallest absolute Gasteiger partial charge is 0.326 e. The molecule has 52 heavy (non-hydrogen) atoms. The predicted molar refractivity (Wildman–Crippen MR) is 198 cm³/mol. The van der Waals surface area contributed by atoms with Gasteiger partial charge in [0.2, 0.25) is 23.6 Å². The lowest BCUT2D eigenvalue weighted by molar-refractivity contribution is -0.148. The van der Waals surface area contributed by atoms with Crippen molar-refractivity contribution in [1.82, 2.24) is 25.8 Å². The summed E-state index contributed by atoms with van der Waals surface area (Å²) >= 11 is 0. The summed E-state index contributed by atoms with van der Waals surface area (Å²) < 4.78 is 11.8. The van der Waals surface area contributed by atoms with Crippen LogP contribution in [0.1, 0.15) is 85.6 Å². The number of carboxylic acid groups (broad SMARTS) is 1. The van der Waals surface area contributed by atoms with E-state index in [1.807, 2.05) is 65.0 Å². The fourth-order valence-electron chi connectivity index (χ4n) is 7.78. The molecule has 9 atom stereocenters. The number of likely N-dealkylation sites (tertiary alicyclic amines) is 1. The monoisotopic (exact) mass is 729 g/mol. The predicted octanol–water partition coefficient (Wildman–Crippen LogP) is 3.00. The fraction of sp³-hybridized carbons (Fsp3) is 0.718. The van der Waals surface area contributed by atoms with Gasteiger partial charge in [0.1, 0.15) is 12.1 Å². The number of rotatable bonds is 19. The third-order valence-corrected chi connectivity index (χ3v) is 11.2. The molecule has 2 heterocycles. The number of aliphatic carboxylic acids is 1. The number of benzene rings is 1. The van der Waals surface area contributed by atoms with Crippen molar-refractivity contribution in [1.29, 1.82) is 0 Å². The summed E-state index contributed by atoms with van der Waals surface area (Å²) in [4.78, 5) is 70.5. The second-order valence-electron chi connectivity index (χ2n) is 15.2. The van der Waals surface area contributed by atoms with Crippen LogP contribution in [0.2, 0.25) is 0 Å². The highest BCUT2D eigenvalue weighted by Crippen LogP contribution is 2.30. The van der Waals surface area contributed by atoms with Crippen LogP contribution in [-0.2, 0) is 39.9 Å². The summed E-state index contributed by atoms with van der Waals surface area (Å²) in [6, 6.07) is 6.34. The van der Waals surface area contributed by atoms with Crippen LogP contribution in [-0.4, -0.2) is 121 Å². The summed E-state index contributed by atoms with van der Waals surface area (Å²) in [5.41, 5.74) is 0.0588. The van der Waals surface area contributed by atoms with Crippen LogP contribution in [0.3, 0.4) is 0 Å². The van der Waals surface area contributed by atoms with E-state index in [9.17, 15) is 29.1 Å². The van der Waals surface area contributed by atoms with Crippen LogP contribution < -0.4 is 16.0 Å². The Hall–Kier alpha value is -3.55. The van der Waals surface area contributed by atoms with Gasteiger partial charge in [-0.3, -0.25) is 19.2 Å². The molecule has 13 heteroatoms. The minimum absolute atomic E-state index is 0.00447. The number of amides is 4. The van der Waals surface area contributed by atoms with Crippen LogP contribution in [0.15, 0.2) is 30.3 Å². The Labute approximate surface area is 309 Å². The zero-order chi connectivity index (χ0) is 38.7. The van der Waals surface area contributed by atoms with Crippen molar-refractivity contribution in [2.24, 2.45) is 17.8 Å². The average molecular weight is 730 g/mol. The van der Waals surface area contributed by atoms with E-state index in [0.717, 1.165) is 24.9 Å². The maximum Gasteiger partial charge on any atom is 0.326 e. The first kappa shape index (κ1) is 42.9. The van der Waals surface area contributed by atoms with E-state index < -0.39 is 59.7 Å². The first-order valence-electron chi connectivity index (χ1n) is 18.8. The molecular weight excluding hydrogens is 666 g/mol. The molecule has 1 aromatic carbocycles. The SMILES string of the molecule is CCC(C)C(C(CC(=O)N1CCCC1C(OC)C(C)C(=O)NC(Cc1ccccc1)C(=O)O)OC)N(C)C(=O)C(NC(=O)C1(C)CCCN1)C(C)C. The number of ether oxygens (including phenoxy) is 2. The summed E-state index contributed by atoms with van der Waals surface area (Å²) in [5.74, 6) is -3.19. The lowest BCUT2D eigenvalue weighted by Crippen LogP contribution is -2.61. The molecule has 0 aromatic heterocycles. The normalized spacial score (nSPS) is 22.9. The van der Waals surface area contributed by atoms with E-state index in [4.69, 9.17) is 9.47 Å². The van der Waals surface area contributed by atoms with Crippen molar-refractivity contribution in [3.63, 3.8) is 0 Å². The molecule has 292 valence electrons. The second kappa shape index (κ2) is 19.5. The van der Waals surface area contributed by atoms with Gasteiger partial charge < -0.3 is 40.3 Å². The molecule has 3 rings (SSSR count). The van der Waals surface area contributed by atoms with Crippen LogP contribution in [0, 0.1) is 17.8 Å². The summed E-state index contributed by atoms with van der Waals surface area (Å²) in [5, 5.41) is 18.8. The number of carbonyl (C=O) groups excluding carboxylic acids is 4. The number of hydrogen-bond donors (Lipinski definition) is 4. The van der Waals surface area contributed by atoms with Crippen molar-refractivity contribution in [3.8, 4) is 0 Å². The molecule has 2 aliphatic heterocycles. The zero-order valence-corrected chi connectivity index (χ0v) is 32.6. The molecule has 4 N–H and O–H groups in total. The van der Waals surface area contributed by atoms with E-state index in [2.05, 4.69) is 16.0 Å². The van der Waals surface area contributed by atoms with Gasteiger partial charge in [-0.25, -0.2) is 4.79 Å². The van der Waals surface area contributed by atoms with Crippen LogP contribution in [0.25, 0.3) is 0 Å². The highest BCUT2D eigenvalue weighted by atomic mass is 16.5. The molecule has 0 spiro atoms. The highest BCUT2D eigenvalue weighted by Gasteiger charge is 2.44. The van der Waals surface area contributed by atoms with Crippen LogP contribution >= 0.6 is 0 Å². The molecule has 2 aliphatic rings. The molecule has 13 nitrogen and oxygen atoms in total. The van der Waals surface area contributed by atoms with Gasteiger partial charge in [-0.15, -0.1) is 0 Å².